The van der Waals surface area contributed by atoms with Crippen molar-refractivity contribution in [2.45, 2.75) is 24.2 Å². The van der Waals surface area contributed by atoms with Gasteiger partial charge < -0.3 is 25.8 Å². The molecule has 0 amide bonds. The molecule has 1 aromatic carbocycles. The van der Waals surface area contributed by atoms with E-state index in [0.717, 1.165) is 25.7 Å². The van der Waals surface area contributed by atoms with Crippen molar-refractivity contribution in [3.05, 3.63) is 47.7 Å². The highest BCUT2D eigenvalue weighted by atomic mass is 19.4. The SMILES string of the molecule is COC1=CC(N)C(N)(CCN2CCN(c3ccc(OC)c(C(F)(F)F)c3)CC2)C=C1. The molecule has 1 heterocycles. The minimum Gasteiger partial charge on any atom is -0.497 e. The van der Waals surface area contributed by atoms with Gasteiger partial charge in [-0.25, -0.2) is 0 Å². The van der Waals surface area contributed by atoms with Crippen molar-refractivity contribution in [1.82, 2.24) is 4.90 Å². The quantitative estimate of drug-likeness (QED) is 0.727. The summed E-state index contributed by atoms with van der Waals surface area (Å²) in [6, 6.07) is 3.87. The Morgan fingerprint density at radius 2 is 1.83 bits per heavy atom. The van der Waals surface area contributed by atoms with E-state index < -0.39 is 17.3 Å². The maximum Gasteiger partial charge on any atom is 0.420 e. The topological polar surface area (TPSA) is 77.0 Å². The normalized spacial score (nSPS) is 25.2. The fraction of sp³-hybridized carbons (Fsp3) is 0.524. The highest BCUT2D eigenvalue weighted by molar-refractivity contribution is 5.54. The lowest BCUT2D eigenvalue weighted by atomic mass is 9.84. The van der Waals surface area contributed by atoms with Gasteiger partial charge in [-0.15, -0.1) is 0 Å². The average molecular weight is 426 g/mol. The van der Waals surface area contributed by atoms with Crippen LogP contribution in [0.2, 0.25) is 0 Å². The first-order valence-electron chi connectivity index (χ1n) is 9.88. The molecule has 0 radical (unpaired) electrons. The van der Waals surface area contributed by atoms with Crippen molar-refractivity contribution in [2.24, 2.45) is 11.5 Å². The lowest BCUT2D eigenvalue weighted by molar-refractivity contribution is -0.138. The smallest absolute Gasteiger partial charge is 0.420 e. The van der Waals surface area contributed by atoms with E-state index in [0.29, 0.717) is 31.0 Å². The summed E-state index contributed by atoms with van der Waals surface area (Å²) in [7, 11) is 2.83. The largest absolute Gasteiger partial charge is 0.497 e. The lowest BCUT2D eigenvalue weighted by Crippen LogP contribution is -2.56. The third kappa shape index (κ3) is 4.91. The Bertz CT molecular complexity index is 804. The summed E-state index contributed by atoms with van der Waals surface area (Å²) in [4.78, 5) is 4.22. The van der Waals surface area contributed by atoms with Gasteiger partial charge in [0.2, 0.25) is 0 Å². The monoisotopic (exact) mass is 426 g/mol. The summed E-state index contributed by atoms with van der Waals surface area (Å²) in [5.74, 6) is 0.538. The molecule has 2 atom stereocenters. The van der Waals surface area contributed by atoms with E-state index in [9.17, 15) is 13.2 Å². The van der Waals surface area contributed by atoms with Gasteiger partial charge in [0.15, 0.2) is 0 Å². The minimum absolute atomic E-state index is 0.166. The average Bonchev–Trinajstić information content (AvgIpc) is 2.73. The number of piperazine rings is 1. The molecule has 9 heteroatoms. The van der Waals surface area contributed by atoms with Gasteiger partial charge >= 0.3 is 6.18 Å². The van der Waals surface area contributed by atoms with E-state index in [1.807, 2.05) is 23.1 Å². The third-order valence-corrected chi connectivity index (χ3v) is 5.84. The second-order valence-corrected chi connectivity index (χ2v) is 7.71. The van der Waals surface area contributed by atoms with Gasteiger partial charge in [0, 0.05) is 44.5 Å². The number of allylic oxidation sites excluding steroid dienone is 1. The first-order valence-corrected chi connectivity index (χ1v) is 9.88. The fourth-order valence-corrected chi connectivity index (χ4v) is 3.82. The molecule has 1 saturated heterocycles. The van der Waals surface area contributed by atoms with Gasteiger partial charge in [-0.05, 0) is 36.8 Å². The number of methoxy groups -OCH3 is 2. The van der Waals surface area contributed by atoms with Crippen molar-refractivity contribution in [3.8, 4) is 5.75 Å². The van der Waals surface area contributed by atoms with Crippen LogP contribution < -0.4 is 21.1 Å². The Hall–Kier alpha value is -2.23. The Morgan fingerprint density at radius 3 is 2.40 bits per heavy atom. The number of alkyl halides is 3. The molecule has 2 aliphatic rings. The number of nitrogens with two attached hydrogens (primary N) is 2. The van der Waals surface area contributed by atoms with Crippen LogP contribution in [0.5, 0.6) is 5.75 Å². The molecule has 0 spiro atoms. The first-order chi connectivity index (χ1) is 14.2. The van der Waals surface area contributed by atoms with Crippen LogP contribution in [0.3, 0.4) is 0 Å². The third-order valence-electron chi connectivity index (χ3n) is 5.84. The molecule has 1 fully saturated rings. The van der Waals surface area contributed by atoms with Gasteiger partial charge in [-0.3, -0.25) is 4.90 Å². The molecule has 1 aromatic rings. The van der Waals surface area contributed by atoms with Crippen LogP contribution in [0.25, 0.3) is 0 Å². The van der Waals surface area contributed by atoms with Crippen LogP contribution in [0.4, 0.5) is 18.9 Å². The number of rotatable bonds is 6. The van der Waals surface area contributed by atoms with Crippen LogP contribution in [-0.4, -0.2) is 63.4 Å². The van der Waals surface area contributed by atoms with Crippen molar-refractivity contribution in [1.29, 1.82) is 0 Å². The molecule has 2 unspecified atom stereocenters. The predicted octanol–water partition coefficient (Wildman–Crippen LogP) is 2.35. The molecular weight excluding hydrogens is 397 g/mol. The van der Waals surface area contributed by atoms with Crippen molar-refractivity contribution >= 4 is 5.69 Å². The molecule has 4 N–H and O–H groups in total. The molecule has 0 bridgehead atoms. The number of nitrogens with zero attached hydrogens (tertiary/aromatic N) is 2. The van der Waals surface area contributed by atoms with E-state index in [1.54, 1.807) is 13.2 Å². The van der Waals surface area contributed by atoms with Gasteiger partial charge in [0.1, 0.15) is 11.5 Å². The van der Waals surface area contributed by atoms with Crippen LogP contribution in [0.1, 0.15) is 12.0 Å². The maximum atomic E-state index is 13.3. The molecular formula is C21H29F3N4O2. The Morgan fingerprint density at radius 1 is 1.13 bits per heavy atom. The number of hydrogen-bond donors (Lipinski definition) is 2. The van der Waals surface area contributed by atoms with Crippen LogP contribution in [0, 0.1) is 0 Å². The highest BCUT2D eigenvalue weighted by Crippen LogP contribution is 2.38. The van der Waals surface area contributed by atoms with Gasteiger partial charge in [-0.1, -0.05) is 6.08 Å². The zero-order chi connectivity index (χ0) is 21.9. The van der Waals surface area contributed by atoms with Gasteiger partial charge in [0.25, 0.3) is 0 Å². The second-order valence-electron chi connectivity index (χ2n) is 7.71. The summed E-state index contributed by atoms with van der Waals surface area (Å²) in [5.41, 5.74) is 11.8. The Kier molecular flexibility index (Phi) is 6.64. The molecule has 30 heavy (non-hydrogen) atoms. The number of halogens is 3. The fourth-order valence-electron chi connectivity index (χ4n) is 3.82. The van der Waals surface area contributed by atoms with E-state index in [1.165, 1.54) is 13.2 Å². The van der Waals surface area contributed by atoms with Crippen molar-refractivity contribution in [2.75, 3.05) is 51.8 Å². The lowest BCUT2D eigenvalue weighted by Gasteiger charge is -2.39. The van der Waals surface area contributed by atoms with Crippen LogP contribution in [0.15, 0.2) is 42.2 Å². The van der Waals surface area contributed by atoms with Crippen LogP contribution >= 0.6 is 0 Å². The molecule has 1 aliphatic carbocycles. The van der Waals surface area contributed by atoms with E-state index in [2.05, 4.69) is 4.90 Å². The second kappa shape index (κ2) is 8.87. The van der Waals surface area contributed by atoms with E-state index >= 15 is 0 Å². The van der Waals surface area contributed by atoms with E-state index in [-0.39, 0.29) is 11.8 Å². The zero-order valence-electron chi connectivity index (χ0n) is 17.3. The molecule has 0 aromatic heterocycles. The molecule has 1 aliphatic heterocycles. The first kappa shape index (κ1) is 22.5. The highest BCUT2D eigenvalue weighted by Gasteiger charge is 2.35. The molecule has 166 valence electrons. The molecule has 0 saturated carbocycles. The summed E-state index contributed by atoms with van der Waals surface area (Å²) in [6.45, 7) is 3.51. The summed E-state index contributed by atoms with van der Waals surface area (Å²) < 4.78 is 49.9. The Balaban J connectivity index is 1.57. The number of anilines is 1. The molecule has 3 rings (SSSR count). The minimum atomic E-state index is -4.46. The maximum absolute atomic E-state index is 13.3. The predicted molar refractivity (Wildman–Crippen MR) is 110 cm³/mol. The number of ether oxygens (including phenoxy) is 2. The van der Waals surface area contributed by atoms with E-state index in [4.69, 9.17) is 20.9 Å². The summed E-state index contributed by atoms with van der Waals surface area (Å²) >= 11 is 0. The summed E-state index contributed by atoms with van der Waals surface area (Å²) in [5, 5.41) is 0. The molecule has 6 nitrogen and oxygen atoms in total. The van der Waals surface area contributed by atoms with Crippen molar-refractivity contribution in [3.63, 3.8) is 0 Å². The number of hydrogen-bond acceptors (Lipinski definition) is 6. The Labute approximate surface area is 174 Å². The van der Waals surface area contributed by atoms with Crippen molar-refractivity contribution < 1.29 is 22.6 Å². The standard InChI is InChI=1S/C21H29F3N4O2/c1-29-16-5-6-20(26,19(25)14-16)7-8-27-9-11-28(12-10-27)15-3-4-18(30-2)17(13-15)21(22,23)24/h3-6,13-14,19H,7-12,25-26H2,1-2H3. The number of benzene rings is 1. The van der Waals surface area contributed by atoms with Gasteiger partial charge in [-0.2, -0.15) is 13.2 Å². The van der Waals surface area contributed by atoms with Crippen LogP contribution in [-0.2, 0) is 10.9 Å². The summed E-state index contributed by atoms with van der Waals surface area (Å²) in [6.07, 6.45) is 1.77. The zero-order valence-corrected chi connectivity index (χ0v) is 17.3. The van der Waals surface area contributed by atoms with Gasteiger partial charge in [0.05, 0.1) is 25.3 Å².